The zero-order valence-electron chi connectivity index (χ0n) is 13.9. The maximum atomic E-state index is 12.2. The van der Waals surface area contributed by atoms with Crippen molar-refractivity contribution in [1.82, 2.24) is 10.6 Å². The van der Waals surface area contributed by atoms with E-state index in [9.17, 15) is 24.0 Å². The first-order valence-electron chi connectivity index (χ1n) is 7.46. The molecule has 25 heavy (non-hydrogen) atoms. The van der Waals surface area contributed by atoms with Crippen molar-refractivity contribution in [2.45, 2.75) is 51.2 Å². The number of carbonyl (C=O) groups excluding carboxylic acids is 2. The largest absolute Gasteiger partial charge is 0.481 e. The van der Waals surface area contributed by atoms with Gasteiger partial charge < -0.3 is 31.7 Å². The molecule has 0 unspecified atom stereocenters. The molecule has 0 aromatic rings. The van der Waals surface area contributed by atoms with Crippen molar-refractivity contribution < 1.29 is 39.3 Å². The third-order valence-corrected chi connectivity index (χ3v) is 3.06. The van der Waals surface area contributed by atoms with Crippen LogP contribution in [0.2, 0.25) is 0 Å². The van der Waals surface area contributed by atoms with Crippen molar-refractivity contribution in [3.8, 4) is 0 Å². The van der Waals surface area contributed by atoms with Gasteiger partial charge in [0.05, 0.1) is 18.9 Å². The highest BCUT2D eigenvalue weighted by Gasteiger charge is 2.30. The third kappa shape index (κ3) is 9.25. The molecule has 0 saturated carbocycles. The molecule has 11 heteroatoms. The standard InChI is InChI=1S/C14H23N3O8/c1-6(2)3-8(16-12(22)7(15)4-10(18)19)13(23)17-9(14(24)25)5-11(20)21/h6-9H,3-5,15H2,1-2H3,(H,16,22)(H,17,23)(H,18,19)(H,20,21)(H,24,25)/t7-,8-,9-/m0/s1. The van der Waals surface area contributed by atoms with E-state index in [1.807, 2.05) is 5.32 Å². The lowest BCUT2D eigenvalue weighted by Crippen LogP contribution is -2.55. The molecule has 11 nitrogen and oxygen atoms in total. The Kier molecular flexibility index (Phi) is 9.13. The topological polar surface area (TPSA) is 196 Å². The first kappa shape index (κ1) is 22.3. The van der Waals surface area contributed by atoms with Crippen molar-refractivity contribution in [1.29, 1.82) is 0 Å². The van der Waals surface area contributed by atoms with Crippen LogP contribution in [0.15, 0.2) is 0 Å². The normalized spacial score (nSPS) is 14.2. The van der Waals surface area contributed by atoms with E-state index in [4.69, 9.17) is 21.1 Å². The predicted molar refractivity (Wildman–Crippen MR) is 83.4 cm³/mol. The summed E-state index contributed by atoms with van der Waals surface area (Å²) in [5.41, 5.74) is 5.42. The second kappa shape index (κ2) is 10.2. The molecule has 0 aliphatic heterocycles. The molecule has 7 N–H and O–H groups in total. The van der Waals surface area contributed by atoms with Crippen LogP contribution in [-0.2, 0) is 24.0 Å². The zero-order chi connectivity index (χ0) is 19.7. The van der Waals surface area contributed by atoms with Crippen molar-refractivity contribution in [2.24, 2.45) is 11.7 Å². The predicted octanol–water partition coefficient (Wildman–Crippen LogP) is -1.64. The second-order valence-corrected chi connectivity index (χ2v) is 5.89. The van der Waals surface area contributed by atoms with Gasteiger partial charge in [-0.1, -0.05) is 13.8 Å². The quantitative estimate of drug-likeness (QED) is 0.250. The van der Waals surface area contributed by atoms with Gasteiger partial charge >= 0.3 is 17.9 Å². The Hall–Kier alpha value is -2.69. The van der Waals surface area contributed by atoms with Crippen LogP contribution in [-0.4, -0.2) is 63.2 Å². The van der Waals surface area contributed by atoms with Gasteiger partial charge in [0.1, 0.15) is 12.1 Å². The van der Waals surface area contributed by atoms with Crippen LogP contribution in [0, 0.1) is 5.92 Å². The number of carboxylic acid groups (broad SMARTS) is 3. The summed E-state index contributed by atoms with van der Waals surface area (Å²) in [6, 6.07) is -4.22. The molecule has 0 aromatic carbocycles. The highest BCUT2D eigenvalue weighted by molar-refractivity contribution is 5.93. The maximum absolute atomic E-state index is 12.2. The molecule has 142 valence electrons. The van der Waals surface area contributed by atoms with Crippen LogP contribution >= 0.6 is 0 Å². The Morgan fingerprint density at radius 2 is 1.32 bits per heavy atom. The fourth-order valence-electron chi connectivity index (χ4n) is 1.91. The highest BCUT2D eigenvalue weighted by Crippen LogP contribution is 2.07. The molecule has 3 atom stereocenters. The summed E-state index contributed by atoms with van der Waals surface area (Å²) in [4.78, 5) is 56.3. The van der Waals surface area contributed by atoms with E-state index in [-0.39, 0.29) is 12.3 Å². The molecule has 2 amide bonds. The number of rotatable bonds is 11. The lowest BCUT2D eigenvalue weighted by atomic mass is 10.0. The van der Waals surface area contributed by atoms with Crippen LogP contribution in [0.4, 0.5) is 0 Å². The highest BCUT2D eigenvalue weighted by atomic mass is 16.4. The Morgan fingerprint density at radius 3 is 1.72 bits per heavy atom. The van der Waals surface area contributed by atoms with Gasteiger partial charge in [0.25, 0.3) is 0 Å². The first-order valence-corrected chi connectivity index (χ1v) is 7.46. The SMILES string of the molecule is CC(C)C[C@H](NC(=O)[C@@H](N)CC(=O)O)C(=O)N[C@@H](CC(=O)O)C(=O)O. The number of aliphatic carboxylic acids is 3. The van der Waals surface area contributed by atoms with Crippen LogP contribution in [0.25, 0.3) is 0 Å². The molecular weight excluding hydrogens is 338 g/mol. The van der Waals surface area contributed by atoms with Gasteiger partial charge in [-0.2, -0.15) is 0 Å². The fraction of sp³-hybridized carbons (Fsp3) is 0.643. The molecule has 0 rings (SSSR count). The number of carbonyl (C=O) groups is 5. The smallest absolute Gasteiger partial charge is 0.326 e. The molecular formula is C14H23N3O8. The van der Waals surface area contributed by atoms with Gasteiger partial charge in [-0.15, -0.1) is 0 Å². The van der Waals surface area contributed by atoms with Gasteiger partial charge in [0.2, 0.25) is 11.8 Å². The second-order valence-electron chi connectivity index (χ2n) is 5.89. The molecule has 0 saturated heterocycles. The monoisotopic (exact) mass is 361 g/mol. The minimum atomic E-state index is -1.66. The van der Waals surface area contributed by atoms with Crippen LogP contribution in [0.1, 0.15) is 33.1 Å². The summed E-state index contributed by atoms with van der Waals surface area (Å²) < 4.78 is 0. The van der Waals surface area contributed by atoms with Crippen LogP contribution < -0.4 is 16.4 Å². The van der Waals surface area contributed by atoms with E-state index in [2.05, 4.69) is 5.32 Å². The van der Waals surface area contributed by atoms with E-state index in [0.717, 1.165) is 0 Å². The lowest BCUT2D eigenvalue weighted by molar-refractivity contribution is -0.147. The number of hydrogen-bond acceptors (Lipinski definition) is 6. The summed E-state index contributed by atoms with van der Waals surface area (Å²) in [5, 5.41) is 30.6. The van der Waals surface area contributed by atoms with E-state index < -0.39 is 60.7 Å². The molecule has 0 radical (unpaired) electrons. The number of hydrogen-bond donors (Lipinski definition) is 6. The Balaban J connectivity index is 5.08. The average Bonchev–Trinajstić information content (AvgIpc) is 2.43. The van der Waals surface area contributed by atoms with Crippen LogP contribution in [0.3, 0.4) is 0 Å². The number of nitrogens with one attached hydrogen (secondary N) is 2. The average molecular weight is 361 g/mol. The van der Waals surface area contributed by atoms with Gasteiger partial charge in [-0.25, -0.2) is 4.79 Å². The maximum Gasteiger partial charge on any atom is 0.326 e. The number of carboxylic acids is 3. The molecule has 0 aliphatic carbocycles. The minimum Gasteiger partial charge on any atom is -0.481 e. The first-order chi connectivity index (χ1) is 11.4. The summed E-state index contributed by atoms with van der Waals surface area (Å²) in [6.45, 7) is 3.49. The van der Waals surface area contributed by atoms with Gasteiger partial charge in [0, 0.05) is 0 Å². The van der Waals surface area contributed by atoms with E-state index in [0.29, 0.717) is 0 Å². The summed E-state index contributed by atoms with van der Waals surface area (Å²) in [6.07, 6.45) is -1.35. The molecule has 0 fully saturated rings. The van der Waals surface area contributed by atoms with E-state index in [1.54, 1.807) is 13.8 Å². The lowest BCUT2D eigenvalue weighted by Gasteiger charge is -2.23. The van der Waals surface area contributed by atoms with Crippen molar-refractivity contribution >= 4 is 29.7 Å². The number of nitrogens with two attached hydrogens (primary N) is 1. The summed E-state index contributed by atoms with van der Waals surface area (Å²) in [7, 11) is 0. The molecule has 0 aliphatic rings. The zero-order valence-corrected chi connectivity index (χ0v) is 13.9. The fourth-order valence-corrected chi connectivity index (χ4v) is 1.91. The van der Waals surface area contributed by atoms with Crippen molar-refractivity contribution in [3.63, 3.8) is 0 Å². The molecule has 0 spiro atoms. The van der Waals surface area contributed by atoms with Crippen molar-refractivity contribution in [3.05, 3.63) is 0 Å². The Labute approximate surface area is 143 Å². The summed E-state index contributed by atoms with van der Waals surface area (Å²) >= 11 is 0. The summed E-state index contributed by atoms with van der Waals surface area (Å²) in [5.74, 6) is -6.09. The van der Waals surface area contributed by atoms with Crippen LogP contribution in [0.5, 0.6) is 0 Å². The Bertz CT molecular complexity index is 534. The molecule has 0 aromatic heterocycles. The minimum absolute atomic E-state index is 0.0745. The number of amides is 2. The Morgan fingerprint density at radius 1 is 0.840 bits per heavy atom. The molecule has 0 heterocycles. The van der Waals surface area contributed by atoms with E-state index >= 15 is 0 Å². The molecule has 0 bridgehead atoms. The van der Waals surface area contributed by atoms with E-state index in [1.165, 1.54) is 0 Å². The van der Waals surface area contributed by atoms with Crippen molar-refractivity contribution in [2.75, 3.05) is 0 Å². The third-order valence-electron chi connectivity index (χ3n) is 3.06. The van der Waals surface area contributed by atoms with Gasteiger partial charge in [0.15, 0.2) is 0 Å². The van der Waals surface area contributed by atoms with Gasteiger partial charge in [-0.05, 0) is 12.3 Å². The van der Waals surface area contributed by atoms with Gasteiger partial charge in [-0.3, -0.25) is 19.2 Å².